The number of hydrogen-bond acceptors (Lipinski definition) is 4. The van der Waals surface area contributed by atoms with Crippen LogP contribution in [0.3, 0.4) is 0 Å². The molecule has 2 rings (SSSR count). The van der Waals surface area contributed by atoms with Crippen molar-refractivity contribution in [2.24, 2.45) is 0 Å². The molecule has 6 nitrogen and oxygen atoms in total. The Balaban J connectivity index is 1.84. The smallest absolute Gasteiger partial charge is 0.271 e. The first-order valence-electron chi connectivity index (χ1n) is 6.92. The van der Waals surface area contributed by atoms with Crippen molar-refractivity contribution in [2.45, 2.75) is 38.1 Å². The highest BCUT2D eigenvalue weighted by Gasteiger charge is 2.16. The van der Waals surface area contributed by atoms with Gasteiger partial charge in [-0.05, 0) is 18.9 Å². The van der Waals surface area contributed by atoms with Crippen molar-refractivity contribution in [2.75, 3.05) is 6.61 Å². The molecule has 1 saturated carbocycles. The largest absolute Gasteiger partial charge is 0.482 e. The summed E-state index contributed by atoms with van der Waals surface area (Å²) in [6, 6.07) is 4.12. The molecule has 0 bridgehead atoms. The van der Waals surface area contributed by atoms with Gasteiger partial charge in [0.05, 0.1) is 9.95 Å². The molecule has 7 heteroatoms. The first-order chi connectivity index (χ1) is 10.1. The molecule has 114 valence electrons. The summed E-state index contributed by atoms with van der Waals surface area (Å²) in [4.78, 5) is 21.8. The van der Waals surface area contributed by atoms with Crippen molar-refractivity contribution in [3.05, 3.63) is 33.3 Å². The molecule has 0 radical (unpaired) electrons. The van der Waals surface area contributed by atoms with E-state index in [-0.39, 0.29) is 35.0 Å². The molecule has 1 N–H and O–H groups in total. The van der Waals surface area contributed by atoms with Gasteiger partial charge in [0, 0.05) is 18.2 Å². The fraction of sp³-hybridized carbons (Fsp3) is 0.500. The molecule has 1 aromatic carbocycles. The molecule has 1 aliphatic carbocycles. The maximum atomic E-state index is 11.8. The summed E-state index contributed by atoms with van der Waals surface area (Å²) in [5.74, 6) is 0.0670. The van der Waals surface area contributed by atoms with E-state index in [1.54, 1.807) is 0 Å². The quantitative estimate of drug-likeness (QED) is 0.669. The lowest BCUT2D eigenvalue weighted by Crippen LogP contribution is -2.38. The van der Waals surface area contributed by atoms with E-state index in [0.29, 0.717) is 0 Å². The van der Waals surface area contributed by atoms with Crippen LogP contribution in [-0.4, -0.2) is 23.5 Å². The Kier molecular flexibility index (Phi) is 5.38. The van der Waals surface area contributed by atoms with E-state index in [9.17, 15) is 14.9 Å². The molecule has 1 aromatic rings. The van der Waals surface area contributed by atoms with Gasteiger partial charge in [0.15, 0.2) is 6.61 Å². The number of nitro benzene ring substituents is 1. The summed E-state index contributed by atoms with van der Waals surface area (Å²) in [6.45, 7) is -0.145. The van der Waals surface area contributed by atoms with Crippen LogP contribution < -0.4 is 10.1 Å². The normalized spacial score (nSPS) is 15.5. The Bertz CT molecular complexity index is 530. The number of non-ortho nitro benzene ring substituents is 1. The maximum absolute atomic E-state index is 11.8. The monoisotopic (exact) mass is 312 g/mol. The van der Waals surface area contributed by atoms with Crippen molar-refractivity contribution < 1.29 is 14.5 Å². The summed E-state index contributed by atoms with van der Waals surface area (Å²) in [7, 11) is 0. The number of benzene rings is 1. The molecule has 1 aliphatic rings. The minimum absolute atomic E-state index is 0.112. The van der Waals surface area contributed by atoms with Crippen LogP contribution in [0, 0.1) is 10.1 Å². The molecule has 0 aromatic heterocycles. The molecule has 0 saturated heterocycles. The Morgan fingerprint density at radius 3 is 2.71 bits per heavy atom. The second-order valence-electron chi connectivity index (χ2n) is 5.06. The van der Waals surface area contributed by atoms with E-state index in [4.69, 9.17) is 16.3 Å². The van der Waals surface area contributed by atoms with Crippen LogP contribution in [0.2, 0.25) is 5.02 Å². The zero-order valence-corrected chi connectivity index (χ0v) is 12.3. The van der Waals surface area contributed by atoms with Crippen LogP contribution in [0.25, 0.3) is 0 Å². The third-order valence-corrected chi connectivity index (χ3v) is 3.75. The predicted octanol–water partition coefficient (Wildman–Crippen LogP) is 3.08. The number of nitrogens with zero attached hydrogens (tertiary/aromatic N) is 1. The molecule has 21 heavy (non-hydrogen) atoms. The van der Waals surface area contributed by atoms with Crippen LogP contribution in [-0.2, 0) is 4.79 Å². The van der Waals surface area contributed by atoms with Crippen molar-refractivity contribution in [3.63, 3.8) is 0 Å². The molecular formula is C14H17ClN2O4. The Labute approximate surface area is 127 Å². The number of carbonyl (C=O) groups is 1. The lowest BCUT2D eigenvalue weighted by atomic mass is 9.95. The number of carbonyl (C=O) groups excluding carboxylic acids is 1. The third-order valence-electron chi connectivity index (χ3n) is 3.46. The SMILES string of the molecule is O=C(COc1ccc([N+](=O)[O-])cc1Cl)NC1CCCCC1. The number of hydrogen-bond donors (Lipinski definition) is 1. The molecule has 0 unspecified atom stereocenters. The number of nitrogens with one attached hydrogen (secondary N) is 1. The van der Waals surface area contributed by atoms with Crippen molar-refractivity contribution in [1.82, 2.24) is 5.32 Å². The van der Waals surface area contributed by atoms with Crippen LogP contribution in [0.4, 0.5) is 5.69 Å². The lowest BCUT2D eigenvalue weighted by molar-refractivity contribution is -0.384. The van der Waals surface area contributed by atoms with Gasteiger partial charge in [-0.15, -0.1) is 0 Å². The lowest BCUT2D eigenvalue weighted by Gasteiger charge is -2.22. The van der Waals surface area contributed by atoms with Gasteiger partial charge in [-0.25, -0.2) is 0 Å². The van der Waals surface area contributed by atoms with Gasteiger partial charge in [-0.3, -0.25) is 14.9 Å². The topological polar surface area (TPSA) is 81.5 Å². The fourth-order valence-electron chi connectivity index (χ4n) is 2.38. The standard InChI is InChI=1S/C14H17ClN2O4/c15-12-8-11(17(19)20)6-7-13(12)21-9-14(18)16-10-4-2-1-3-5-10/h6-8,10H,1-5,9H2,(H,16,18). The summed E-state index contributed by atoms with van der Waals surface area (Å²) >= 11 is 5.89. The van der Waals surface area contributed by atoms with Gasteiger partial charge in [0.25, 0.3) is 11.6 Å². The van der Waals surface area contributed by atoms with Gasteiger partial charge in [0.1, 0.15) is 5.75 Å². The molecule has 0 atom stereocenters. The highest BCUT2D eigenvalue weighted by atomic mass is 35.5. The average molecular weight is 313 g/mol. The Morgan fingerprint density at radius 2 is 2.10 bits per heavy atom. The first-order valence-corrected chi connectivity index (χ1v) is 7.30. The highest BCUT2D eigenvalue weighted by molar-refractivity contribution is 6.32. The van der Waals surface area contributed by atoms with Gasteiger partial charge >= 0.3 is 0 Å². The molecular weight excluding hydrogens is 296 g/mol. The molecule has 1 amide bonds. The Morgan fingerprint density at radius 1 is 1.38 bits per heavy atom. The van der Waals surface area contributed by atoms with E-state index in [2.05, 4.69) is 5.32 Å². The van der Waals surface area contributed by atoms with Gasteiger partial charge < -0.3 is 10.1 Å². The van der Waals surface area contributed by atoms with Crippen molar-refractivity contribution >= 4 is 23.2 Å². The van der Waals surface area contributed by atoms with Crippen LogP contribution in [0.5, 0.6) is 5.75 Å². The average Bonchev–Trinajstić information content (AvgIpc) is 2.47. The number of rotatable bonds is 5. The predicted molar refractivity (Wildman–Crippen MR) is 78.6 cm³/mol. The van der Waals surface area contributed by atoms with Gasteiger partial charge in [-0.1, -0.05) is 30.9 Å². The van der Waals surface area contributed by atoms with E-state index < -0.39 is 4.92 Å². The number of halogens is 1. The summed E-state index contributed by atoms with van der Waals surface area (Å²) in [5, 5.41) is 13.6. The second-order valence-corrected chi connectivity index (χ2v) is 5.47. The molecule has 0 heterocycles. The third kappa shape index (κ3) is 4.60. The van der Waals surface area contributed by atoms with Crippen molar-refractivity contribution in [3.8, 4) is 5.75 Å². The summed E-state index contributed by atoms with van der Waals surface area (Å²) in [5.41, 5.74) is -0.112. The van der Waals surface area contributed by atoms with Gasteiger partial charge in [0.2, 0.25) is 0 Å². The molecule has 0 spiro atoms. The molecule has 1 fully saturated rings. The zero-order chi connectivity index (χ0) is 15.2. The number of amides is 1. The van der Waals surface area contributed by atoms with Crippen LogP contribution >= 0.6 is 11.6 Å². The summed E-state index contributed by atoms with van der Waals surface area (Å²) in [6.07, 6.45) is 5.51. The fourth-order valence-corrected chi connectivity index (χ4v) is 2.61. The van der Waals surface area contributed by atoms with Crippen molar-refractivity contribution in [1.29, 1.82) is 0 Å². The maximum Gasteiger partial charge on any atom is 0.271 e. The number of ether oxygens (including phenoxy) is 1. The summed E-state index contributed by atoms with van der Waals surface area (Å²) < 4.78 is 5.31. The van der Waals surface area contributed by atoms with E-state index in [1.165, 1.54) is 24.6 Å². The van der Waals surface area contributed by atoms with Gasteiger partial charge in [-0.2, -0.15) is 0 Å². The first kappa shape index (κ1) is 15.6. The van der Waals surface area contributed by atoms with E-state index in [0.717, 1.165) is 25.7 Å². The van der Waals surface area contributed by atoms with E-state index >= 15 is 0 Å². The minimum Gasteiger partial charge on any atom is -0.482 e. The zero-order valence-electron chi connectivity index (χ0n) is 11.5. The Hall–Kier alpha value is -1.82. The minimum atomic E-state index is -0.536. The van der Waals surface area contributed by atoms with Crippen LogP contribution in [0.1, 0.15) is 32.1 Å². The van der Waals surface area contributed by atoms with Crippen LogP contribution in [0.15, 0.2) is 18.2 Å². The van der Waals surface area contributed by atoms with E-state index in [1.807, 2.05) is 0 Å². The molecule has 0 aliphatic heterocycles. The second kappa shape index (κ2) is 7.26. The number of nitro groups is 1. The highest BCUT2D eigenvalue weighted by Crippen LogP contribution is 2.28.